The number of carbonyl (C=O) groups excluding carboxylic acids is 1. The molecule has 8 heteroatoms. The second-order valence-electron chi connectivity index (χ2n) is 7.35. The fraction of sp³-hybridized carbons (Fsp3) is 0.227. The Morgan fingerprint density at radius 1 is 1.27 bits per heavy atom. The number of benzene rings is 2. The molecule has 1 atom stereocenters. The normalized spacial score (nSPS) is 19.0. The molecule has 0 fully saturated rings. The van der Waals surface area contributed by atoms with Gasteiger partial charge in [-0.25, -0.2) is 14.4 Å². The molecule has 1 aromatic heterocycles. The van der Waals surface area contributed by atoms with Crippen LogP contribution in [0.25, 0.3) is 10.4 Å². The van der Waals surface area contributed by atoms with Gasteiger partial charge in [-0.3, -0.25) is 9.69 Å². The van der Waals surface area contributed by atoms with Crippen LogP contribution in [0.2, 0.25) is 0 Å². The van der Waals surface area contributed by atoms with Crippen molar-refractivity contribution in [1.29, 1.82) is 0 Å². The summed E-state index contributed by atoms with van der Waals surface area (Å²) in [5, 5.41) is 0.651. The van der Waals surface area contributed by atoms with Gasteiger partial charge in [0, 0.05) is 19.3 Å². The number of hydrogen-bond acceptors (Lipinski definition) is 6. The lowest BCUT2D eigenvalue weighted by molar-refractivity contribution is -0.128. The largest absolute Gasteiger partial charge is 0.489 e. The first-order chi connectivity index (χ1) is 14.3. The summed E-state index contributed by atoms with van der Waals surface area (Å²) < 4.78 is 20.0. The molecule has 0 spiro atoms. The zero-order valence-electron chi connectivity index (χ0n) is 16.6. The quantitative estimate of drug-likeness (QED) is 0.673. The minimum atomic E-state index is -0.837. The van der Waals surface area contributed by atoms with E-state index in [0.717, 1.165) is 10.4 Å². The molecule has 0 aliphatic carbocycles. The van der Waals surface area contributed by atoms with E-state index in [1.807, 2.05) is 37.3 Å². The van der Waals surface area contributed by atoms with E-state index in [1.54, 1.807) is 19.3 Å². The van der Waals surface area contributed by atoms with Crippen LogP contribution in [0.5, 0.6) is 5.75 Å². The third kappa shape index (κ3) is 4.04. The van der Waals surface area contributed by atoms with Crippen molar-refractivity contribution in [2.75, 3.05) is 7.05 Å². The van der Waals surface area contributed by atoms with Crippen LogP contribution in [0, 0.1) is 5.82 Å². The van der Waals surface area contributed by atoms with Crippen molar-refractivity contribution in [3.05, 3.63) is 71.1 Å². The summed E-state index contributed by atoms with van der Waals surface area (Å²) in [6.45, 7) is 2.17. The zero-order chi connectivity index (χ0) is 21.3. The number of thiazole rings is 1. The molecule has 0 unspecified atom stereocenters. The van der Waals surface area contributed by atoms with Crippen molar-refractivity contribution >= 4 is 23.2 Å². The standard InChI is InChI=1S/C22H21FN4O2S/c1-22(11-19(28)27(2)21(24)26-22)20-25-12-18(30-20)15-8-16(23)10-17(9-15)29-13-14-6-4-3-5-7-14/h3-10,12H,11,13H2,1-2H3,(H2,24,26)/t22-/m0/s1. The molecule has 3 aromatic rings. The van der Waals surface area contributed by atoms with Gasteiger partial charge in [0.25, 0.3) is 0 Å². The number of ether oxygens (including phenoxy) is 1. The Hall–Kier alpha value is -3.26. The molecule has 2 heterocycles. The highest BCUT2D eigenvalue weighted by Crippen LogP contribution is 2.39. The highest BCUT2D eigenvalue weighted by molar-refractivity contribution is 7.15. The van der Waals surface area contributed by atoms with E-state index < -0.39 is 11.4 Å². The van der Waals surface area contributed by atoms with Gasteiger partial charge in [-0.2, -0.15) is 0 Å². The molecule has 0 radical (unpaired) electrons. The van der Waals surface area contributed by atoms with Crippen LogP contribution in [0.15, 0.2) is 59.7 Å². The van der Waals surface area contributed by atoms with Crippen LogP contribution in [0.4, 0.5) is 4.39 Å². The minimum Gasteiger partial charge on any atom is -0.489 e. The number of hydrogen-bond donors (Lipinski definition) is 1. The molecule has 6 nitrogen and oxygen atoms in total. The summed E-state index contributed by atoms with van der Waals surface area (Å²) in [5.74, 6) is 0.0807. The van der Waals surface area contributed by atoms with Gasteiger partial charge in [0.2, 0.25) is 5.91 Å². The van der Waals surface area contributed by atoms with Gasteiger partial charge in [0.1, 0.15) is 28.7 Å². The van der Waals surface area contributed by atoms with Crippen LogP contribution in [-0.2, 0) is 16.9 Å². The molecule has 0 bridgehead atoms. The van der Waals surface area contributed by atoms with E-state index in [1.165, 1.54) is 28.4 Å². The number of carbonyl (C=O) groups is 1. The number of guanidine groups is 1. The van der Waals surface area contributed by atoms with Crippen LogP contribution in [-0.4, -0.2) is 28.8 Å². The predicted molar refractivity (Wildman–Crippen MR) is 115 cm³/mol. The average Bonchev–Trinajstić information content (AvgIpc) is 3.22. The van der Waals surface area contributed by atoms with E-state index in [0.29, 0.717) is 22.9 Å². The zero-order valence-corrected chi connectivity index (χ0v) is 17.4. The Bertz CT molecular complexity index is 1120. The summed E-state index contributed by atoms with van der Waals surface area (Å²) in [6, 6.07) is 14.3. The molecular formula is C22H21FN4O2S. The molecule has 4 rings (SSSR count). The van der Waals surface area contributed by atoms with Gasteiger partial charge < -0.3 is 10.5 Å². The van der Waals surface area contributed by atoms with Crippen molar-refractivity contribution in [1.82, 2.24) is 9.88 Å². The van der Waals surface area contributed by atoms with Gasteiger partial charge in [-0.15, -0.1) is 11.3 Å². The monoisotopic (exact) mass is 424 g/mol. The lowest BCUT2D eigenvalue weighted by Gasteiger charge is -2.31. The molecule has 0 saturated carbocycles. The van der Waals surface area contributed by atoms with Crippen LogP contribution >= 0.6 is 11.3 Å². The van der Waals surface area contributed by atoms with E-state index >= 15 is 0 Å². The number of rotatable bonds is 5. The maximum absolute atomic E-state index is 14.2. The Labute approximate surface area is 177 Å². The van der Waals surface area contributed by atoms with Crippen LogP contribution in [0.1, 0.15) is 23.9 Å². The third-order valence-corrected chi connectivity index (χ3v) is 6.24. The number of nitrogens with two attached hydrogens (primary N) is 1. The van der Waals surface area contributed by atoms with Crippen molar-refractivity contribution in [2.45, 2.75) is 25.5 Å². The van der Waals surface area contributed by atoms with Crippen molar-refractivity contribution in [3.63, 3.8) is 0 Å². The third-order valence-electron chi connectivity index (χ3n) is 4.95. The smallest absolute Gasteiger partial charge is 0.231 e. The lowest BCUT2D eigenvalue weighted by atomic mass is 9.97. The fourth-order valence-corrected chi connectivity index (χ4v) is 4.21. The van der Waals surface area contributed by atoms with Gasteiger partial charge in [-0.1, -0.05) is 30.3 Å². The molecular weight excluding hydrogens is 403 g/mol. The molecule has 1 aliphatic rings. The first-order valence-electron chi connectivity index (χ1n) is 9.40. The van der Waals surface area contributed by atoms with Crippen molar-refractivity contribution in [3.8, 4) is 16.2 Å². The van der Waals surface area contributed by atoms with Gasteiger partial charge in [0.15, 0.2) is 5.96 Å². The second-order valence-corrected chi connectivity index (χ2v) is 8.38. The van der Waals surface area contributed by atoms with Crippen molar-refractivity contribution < 1.29 is 13.9 Å². The molecule has 1 aliphatic heterocycles. The summed E-state index contributed by atoms with van der Waals surface area (Å²) in [6.07, 6.45) is 1.83. The number of halogens is 1. The number of aromatic nitrogens is 1. The average molecular weight is 425 g/mol. The number of nitrogens with zero attached hydrogens (tertiary/aromatic N) is 3. The first kappa shape index (κ1) is 20.0. The maximum atomic E-state index is 14.2. The van der Waals surface area contributed by atoms with Crippen LogP contribution in [0.3, 0.4) is 0 Å². The molecule has 2 N–H and O–H groups in total. The van der Waals surface area contributed by atoms with E-state index in [-0.39, 0.29) is 18.3 Å². The highest BCUT2D eigenvalue weighted by atomic mass is 32.1. The minimum absolute atomic E-state index is 0.121. The van der Waals surface area contributed by atoms with Gasteiger partial charge in [0.05, 0.1) is 11.3 Å². The van der Waals surface area contributed by atoms with E-state index in [4.69, 9.17) is 10.5 Å². The number of aliphatic imine (C=N–C) groups is 1. The summed E-state index contributed by atoms with van der Waals surface area (Å²) >= 11 is 1.36. The Morgan fingerprint density at radius 2 is 2.03 bits per heavy atom. The topological polar surface area (TPSA) is 80.8 Å². The SMILES string of the molecule is CN1C(=O)C[C@@](C)(c2ncc(-c3cc(F)cc(OCc4ccccc4)c3)s2)N=C1N. The number of amides is 1. The van der Waals surface area contributed by atoms with Crippen LogP contribution < -0.4 is 10.5 Å². The Kier molecular flexibility index (Phi) is 5.26. The van der Waals surface area contributed by atoms with Crippen molar-refractivity contribution in [2.24, 2.45) is 10.7 Å². The van der Waals surface area contributed by atoms with E-state index in [9.17, 15) is 9.18 Å². The van der Waals surface area contributed by atoms with Gasteiger partial charge in [-0.05, 0) is 30.2 Å². The summed E-state index contributed by atoms with van der Waals surface area (Å²) in [5.41, 5.74) is 6.70. The molecule has 30 heavy (non-hydrogen) atoms. The van der Waals surface area contributed by atoms with Gasteiger partial charge >= 0.3 is 0 Å². The highest BCUT2D eigenvalue weighted by Gasteiger charge is 2.38. The predicted octanol–water partition coefficient (Wildman–Crippen LogP) is 3.92. The molecule has 0 saturated heterocycles. The summed E-state index contributed by atoms with van der Waals surface area (Å²) in [4.78, 5) is 23.2. The molecule has 1 amide bonds. The molecule has 154 valence electrons. The maximum Gasteiger partial charge on any atom is 0.231 e. The lowest BCUT2D eigenvalue weighted by Crippen LogP contribution is -2.47. The summed E-state index contributed by atoms with van der Waals surface area (Å²) in [7, 11) is 1.59. The molecule has 2 aromatic carbocycles. The Balaban J connectivity index is 1.59. The second kappa shape index (κ2) is 7.87. The van der Waals surface area contributed by atoms with E-state index in [2.05, 4.69) is 9.98 Å². The fourth-order valence-electron chi connectivity index (χ4n) is 3.22. The Morgan fingerprint density at radius 3 is 2.77 bits per heavy atom. The first-order valence-corrected chi connectivity index (χ1v) is 10.2.